The first-order valence-electron chi connectivity index (χ1n) is 7.03. The van der Waals surface area contributed by atoms with Crippen molar-refractivity contribution in [2.45, 2.75) is 25.7 Å². The van der Waals surface area contributed by atoms with Crippen LogP contribution in [0.25, 0.3) is 0 Å². The Bertz CT molecular complexity index is 712. The number of fused-ring (bicyclic) bond motifs is 1. The number of amides is 1. The molecular formula is C15H14F3N3O2. The third-order valence-corrected chi connectivity index (χ3v) is 3.71. The van der Waals surface area contributed by atoms with Gasteiger partial charge >= 0.3 is 12.3 Å². The maximum absolute atomic E-state index is 12.9. The van der Waals surface area contributed by atoms with Crippen molar-refractivity contribution in [2.24, 2.45) is 0 Å². The molecule has 3 rings (SSSR count). The first-order chi connectivity index (χ1) is 10.9. The van der Waals surface area contributed by atoms with Crippen LogP contribution in [0.4, 0.5) is 18.0 Å². The molecule has 0 saturated carbocycles. The molecule has 0 radical (unpaired) electrons. The van der Waals surface area contributed by atoms with E-state index < -0.39 is 24.4 Å². The number of alkyl halides is 3. The highest BCUT2D eigenvalue weighted by Gasteiger charge is 2.33. The van der Waals surface area contributed by atoms with Gasteiger partial charge in [-0.3, -0.25) is 0 Å². The number of imidazole rings is 1. The third kappa shape index (κ3) is 3.30. The lowest BCUT2D eigenvalue weighted by atomic mass is 10.1. The molecule has 0 spiro atoms. The molecule has 1 amide bonds. The third-order valence-electron chi connectivity index (χ3n) is 3.71. The molecule has 1 aromatic heterocycles. The zero-order valence-corrected chi connectivity index (χ0v) is 12.1. The Hall–Kier alpha value is -2.51. The van der Waals surface area contributed by atoms with E-state index in [2.05, 4.69) is 9.97 Å². The zero-order chi connectivity index (χ0) is 16.4. The monoisotopic (exact) mass is 325 g/mol. The van der Waals surface area contributed by atoms with Gasteiger partial charge in [-0.05, 0) is 6.07 Å². The van der Waals surface area contributed by atoms with Gasteiger partial charge in [0.05, 0.1) is 29.8 Å². The fourth-order valence-corrected chi connectivity index (χ4v) is 2.52. The molecular weight excluding hydrogens is 311 g/mol. The minimum atomic E-state index is -4.47. The van der Waals surface area contributed by atoms with Gasteiger partial charge < -0.3 is 14.6 Å². The van der Waals surface area contributed by atoms with E-state index in [-0.39, 0.29) is 5.56 Å². The van der Waals surface area contributed by atoms with Gasteiger partial charge in [0, 0.05) is 18.5 Å². The van der Waals surface area contributed by atoms with Gasteiger partial charge in [-0.15, -0.1) is 0 Å². The Labute approximate surface area is 130 Å². The maximum atomic E-state index is 12.9. The van der Waals surface area contributed by atoms with Crippen molar-refractivity contribution >= 4 is 6.09 Å². The summed E-state index contributed by atoms with van der Waals surface area (Å²) < 4.78 is 43.7. The predicted molar refractivity (Wildman–Crippen MR) is 74.3 cm³/mol. The molecule has 0 unspecified atom stereocenters. The lowest BCUT2D eigenvalue weighted by molar-refractivity contribution is -0.138. The normalized spacial score (nSPS) is 14.5. The summed E-state index contributed by atoms with van der Waals surface area (Å²) in [6.45, 7) is 0.327. The fraction of sp³-hybridized carbons (Fsp3) is 0.333. The van der Waals surface area contributed by atoms with E-state index in [1.54, 1.807) is 6.33 Å². The second-order valence-electron chi connectivity index (χ2n) is 5.21. The van der Waals surface area contributed by atoms with E-state index in [1.807, 2.05) is 0 Å². The van der Waals surface area contributed by atoms with Crippen molar-refractivity contribution in [1.29, 1.82) is 0 Å². The molecule has 2 heterocycles. The van der Waals surface area contributed by atoms with Crippen molar-refractivity contribution in [2.75, 3.05) is 6.54 Å². The van der Waals surface area contributed by atoms with Crippen molar-refractivity contribution in [3.63, 3.8) is 0 Å². The van der Waals surface area contributed by atoms with E-state index in [1.165, 1.54) is 23.1 Å². The molecule has 0 saturated heterocycles. The van der Waals surface area contributed by atoms with Crippen LogP contribution in [0.5, 0.6) is 0 Å². The zero-order valence-electron chi connectivity index (χ0n) is 12.1. The van der Waals surface area contributed by atoms with E-state index in [4.69, 9.17) is 4.74 Å². The van der Waals surface area contributed by atoms with E-state index in [0.29, 0.717) is 19.5 Å². The fourth-order valence-electron chi connectivity index (χ4n) is 2.52. The van der Waals surface area contributed by atoms with Crippen LogP contribution in [-0.2, 0) is 30.5 Å². The molecule has 0 atom stereocenters. The largest absolute Gasteiger partial charge is 0.445 e. The molecule has 1 aromatic carbocycles. The molecule has 1 aliphatic rings. The maximum Gasteiger partial charge on any atom is 0.416 e. The second kappa shape index (κ2) is 5.94. The summed E-state index contributed by atoms with van der Waals surface area (Å²) in [5.74, 6) is 0. The van der Waals surface area contributed by atoms with Crippen molar-refractivity contribution in [3.05, 3.63) is 53.1 Å². The highest BCUT2D eigenvalue weighted by molar-refractivity contribution is 5.68. The van der Waals surface area contributed by atoms with E-state index >= 15 is 0 Å². The summed E-state index contributed by atoms with van der Waals surface area (Å²) in [6.07, 6.45) is -2.97. The number of hydrogen-bond donors (Lipinski definition) is 1. The average molecular weight is 325 g/mol. The Morgan fingerprint density at radius 2 is 2.13 bits per heavy atom. The topological polar surface area (TPSA) is 58.2 Å². The molecule has 0 bridgehead atoms. The number of ether oxygens (including phenoxy) is 1. The van der Waals surface area contributed by atoms with Gasteiger partial charge in [-0.2, -0.15) is 13.2 Å². The lowest BCUT2D eigenvalue weighted by Gasteiger charge is -2.25. The summed E-state index contributed by atoms with van der Waals surface area (Å²) in [5.41, 5.74) is 0.871. The van der Waals surface area contributed by atoms with Gasteiger partial charge in [-0.25, -0.2) is 9.78 Å². The number of rotatable bonds is 2. The predicted octanol–water partition coefficient (Wildman–Crippen LogP) is 3.12. The van der Waals surface area contributed by atoms with Crippen LogP contribution < -0.4 is 0 Å². The molecule has 5 nitrogen and oxygen atoms in total. The molecule has 2 aromatic rings. The number of aromatic nitrogens is 2. The lowest BCUT2D eigenvalue weighted by Crippen LogP contribution is -2.36. The smallest absolute Gasteiger partial charge is 0.416 e. The van der Waals surface area contributed by atoms with E-state index in [9.17, 15) is 18.0 Å². The molecule has 0 fully saturated rings. The van der Waals surface area contributed by atoms with Gasteiger partial charge in [0.1, 0.15) is 6.61 Å². The number of benzene rings is 1. The van der Waals surface area contributed by atoms with Crippen LogP contribution in [0.15, 0.2) is 30.6 Å². The van der Waals surface area contributed by atoms with Crippen LogP contribution in [0.3, 0.4) is 0 Å². The summed E-state index contributed by atoms with van der Waals surface area (Å²) in [4.78, 5) is 20.6. The Kier molecular flexibility index (Phi) is 3.97. The van der Waals surface area contributed by atoms with Gasteiger partial charge in [-0.1, -0.05) is 18.2 Å². The Balaban J connectivity index is 1.64. The number of hydrogen-bond acceptors (Lipinski definition) is 3. The Morgan fingerprint density at radius 3 is 2.91 bits per heavy atom. The van der Waals surface area contributed by atoms with Crippen molar-refractivity contribution < 1.29 is 22.7 Å². The molecule has 1 aliphatic heterocycles. The molecule has 8 heteroatoms. The number of nitrogens with one attached hydrogen (secondary N) is 1. The number of aromatic amines is 1. The molecule has 0 aliphatic carbocycles. The van der Waals surface area contributed by atoms with Crippen LogP contribution in [-0.4, -0.2) is 27.5 Å². The van der Waals surface area contributed by atoms with Gasteiger partial charge in [0.2, 0.25) is 0 Å². The van der Waals surface area contributed by atoms with Crippen LogP contribution in [0, 0.1) is 0 Å². The van der Waals surface area contributed by atoms with E-state index in [0.717, 1.165) is 17.5 Å². The standard InChI is InChI=1S/C15H14F3N3O2/c16-15(17,18)11-4-2-1-3-10(11)8-23-14(22)21-6-5-12-13(7-21)20-9-19-12/h1-4,9H,5-8H2,(H,19,20). The first-order valence-corrected chi connectivity index (χ1v) is 7.03. The average Bonchev–Trinajstić information content (AvgIpc) is 2.99. The minimum Gasteiger partial charge on any atom is -0.445 e. The highest BCUT2D eigenvalue weighted by atomic mass is 19.4. The summed E-state index contributed by atoms with van der Waals surface area (Å²) in [5, 5.41) is 0. The molecule has 1 N–H and O–H groups in total. The molecule has 23 heavy (non-hydrogen) atoms. The molecule has 122 valence electrons. The Morgan fingerprint density at radius 1 is 1.35 bits per heavy atom. The number of halogens is 3. The SMILES string of the molecule is O=C(OCc1ccccc1C(F)(F)F)N1CCc2nc[nH]c2C1. The van der Waals surface area contributed by atoms with Crippen molar-refractivity contribution in [1.82, 2.24) is 14.9 Å². The first kappa shape index (κ1) is 15.4. The number of nitrogens with zero attached hydrogens (tertiary/aromatic N) is 2. The van der Waals surface area contributed by atoms with Crippen LogP contribution >= 0.6 is 0 Å². The van der Waals surface area contributed by atoms with Gasteiger partial charge in [0.15, 0.2) is 0 Å². The quantitative estimate of drug-likeness (QED) is 0.923. The van der Waals surface area contributed by atoms with Crippen molar-refractivity contribution in [3.8, 4) is 0 Å². The summed E-state index contributed by atoms with van der Waals surface area (Å²) >= 11 is 0. The minimum absolute atomic E-state index is 0.0624. The van der Waals surface area contributed by atoms with Crippen LogP contribution in [0.2, 0.25) is 0 Å². The summed E-state index contributed by atoms with van der Waals surface area (Å²) in [6, 6.07) is 5.06. The number of carbonyl (C=O) groups excluding carboxylic acids is 1. The number of carbonyl (C=O) groups is 1. The summed E-state index contributed by atoms with van der Waals surface area (Å²) in [7, 11) is 0. The van der Waals surface area contributed by atoms with Gasteiger partial charge in [0.25, 0.3) is 0 Å². The highest BCUT2D eigenvalue weighted by Crippen LogP contribution is 2.32. The number of H-pyrrole nitrogens is 1. The van der Waals surface area contributed by atoms with Crippen LogP contribution in [0.1, 0.15) is 22.5 Å². The second-order valence-corrected chi connectivity index (χ2v) is 5.21.